The van der Waals surface area contributed by atoms with Gasteiger partial charge in [0.1, 0.15) is 11.5 Å². The maximum Gasteiger partial charge on any atom is 0.272 e. The quantitative estimate of drug-likeness (QED) is 0.622. The molecule has 3 aromatic rings. The lowest BCUT2D eigenvalue weighted by Gasteiger charge is -2.41. The van der Waals surface area contributed by atoms with Crippen molar-refractivity contribution >= 4 is 5.91 Å². The Balaban J connectivity index is 1.45. The fraction of sp³-hybridized carbons (Fsp3) is 0.478. The van der Waals surface area contributed by atoms with Gasteiger partial charge in [-0.15, -0.1) is 0 Å². The standard InChI is InChI=1S/C23H26FN5O2/c1-15-12-19(28(2)26-15)21(30)29-11-3-10-23(14-29,13-16-4-5-16)22-25-20(31-27-22)17-6-8-18(24)9-7-17/h6-9,12,16H,3-5,10-11,13-14H2,1-2H3. The number of likely N-dealkylation sites (tertiary alicyclic amines) is 1. The summed E-state index contributed by atoms with van der Waals surface area (Å²) in [6.07, 6.45) is 5.16. The second-order valence-electron chi connectivity index (χ2n) is 8.98. The molecule has 3 heterocycles. The van der Waals surface area contributed by atoms with Crippen LogP contribution in [0.25, 0.3) is 11.5 Å². The molecule has 8 heteroatoms. The maximum absolute atomic E-state index is 13.3. The lowest BCUT2D eigenvalue weighted by atomic mass is 9.74. The molecule has 0 spiro atoms. The Morgan fingerprint density at radius 1 is 1.29 bits per heavy atom. The van der Waals surface area contributed by atoms with Crippen molar-refractivity contribution in [2.24, 2.45) is 13.0 Å². The minimum atomic E-state index is -0.329. The number of nitrogens with zero attached hydrogens (tertiary/aromatic N) is 5. The molecule has 0 radical (unpaired) electrons. The van der Waals surface area contributed by atoms with Crippen molar-refractivity contribution in [1.82, 2.24) is 24.8 Å². The van der Waals surface area contributed by atoms with Crippen molar-refractivity contribution in [2.45, 2.75) is 44.4 Å². The third-order valence-corrected chi connectivity index (χ3v) is 6.45. The molecule has 2 aliphatic rings. The average Bonchev–Trinajstić information content (AvgIpc) is 3.29. The number of carbonyl (C=O) groups excluding carboxylic acids is 1. The van der Waals surface area contributed by atoms with Gasteiger partial charge in [-0.1, -0.05) is 18.0 Å². The summed E-state index contributed by atoms with van der Waals surface area (Å²) in [7, 11) is 1.80. The van der Waals surface area contributed by atoms with Crippen LogP contribution in [-0.2, 0) is 12.5 Å². The van der Waals surface area contributed by atoms with Gasteiger partial charge in [0.05, 0.1) is 11.1 Å². The van der Waals surface area contributed by atoms with Crippen LogP contribution in [-0.4, -0.2) is 43.8 Å². The van der Waals surface area contributed by atoms with Crippen LogP contribution in [0.5, 0.6) is 0 Å². The molecular formula is C23H26FN5O2. The predicted molar refractivity (Wildman–Crippen MR) is 112 cm³/mol. The van der Waals surface area contributed by atoms with Crippen molar-refractivity contribution in [3.05, 3.63) is 53.4 Å². The number of aromatic nitrogens is 4. The van der Waals surface area contributed by atoms with Crippen molar-refractivity contribution in [1.29, 1.82) is 0 Å². The lowest BCUT2D eigenvalue weighted by Crippen LogP contribution is -2.49. The second-order valence-corrected chi connectivity index (χ2v) is 8.98. The fourth-order valence-electron chi connectivity index (χ4n) is 4.74. The predicted octanol–water partition coefficient (Wildman–Crippen LogP) is 3.89. The summed E-state index contributed by atoms with van der Waals surface area (Å²) in [4.78, 5) is 19.9. The largest absolute Gasteiger partial charge is 0.336 e. The first kappa shape index (κ1) is 19.9. The second kappa shape index (κ2) is 7.59. The van der Waals surface area contributed by atoms with Crippen LogP contribution < -0.4 is 0 Å². The molecule has 1 amide bonds. The zero-order chi connectivity index (χ0) is 21.6. The van der Waals surface area contributed by atoms with E-state index in [0.717, 1.165) is 25.0 Å². The molecule has 162 valence electrons. The number of carbonyl (C=O) groups is 1. The first-order valence-corrected chi connectivity index (χ1v) is 10.8. The van der Waals surface area contributed by atoms with Gasteiger partial charge in [0.15, 0.2) is 5.82 Å². The first-order valence-electron chi connectivity index (χ1n) is 10.8. The fourth-order valence-corrected chi connectivity index (χ4v) is 4.74. The van der Waals surface area contributed by atoms with Crippen molar-refractivity contribution in [3.8, 4) is 11.5 Å². The van der Waals surface area contributed by atoms with Crippen LogP contribution >= 0.6 is 0 Å². The van der Waals surface area contributed by atoms with Crippen LogP contribution in [0.4, 0.5) is 4.39 Å². The van der Waals surface area contributed by atoms with Crippen LogP contribution in [0, 0.1) is 18.7 Å². The van der Waals surface area contributed by atoms with E-state index >= 15 is 0 Å². The molecule has 2 fully saturated rings. The number of halogens is 1. The highest BCUT2D eigenvalue weighted by molar-refractivity contribution is 5.92. The summed E-state index contributed by atoms with van der Waals surface area (Å²) in [5, 5.41) is 8.67. The van der Waals surface area contributed by atoms with Crippen molar-refractivity contribution in [2.75, 3.05) is 13.1 Å². The van der Waals surface area contributed by atoms with E-state index in [1.807, 2.05) is 17.9 Å². The highest BCUT2D eigenvalue weighted by Crippen LogP contribution is 2.46. The van der Waals surface area contributed by atoms with E-state index in [4.69, 9.17) is 9.51 Å². The number of amides is 1. The molecule has 1 atom stereocenters. The lowest BCUT2D eigenvalue weighted by molar-refractivity contribution is 0.0596. The normalized spacial score (nSPS) is 21.5. The first-order chi connectivity index (χ1) is 14.9. The van der Waals surface area contributed by atoms with Crippen LogP contribution in [0.3, 0.4) is 0 Å². The third-order valence-electron chi connectivity index (χ3n) is 6.45. The van der Waals surface area contributed by atoms with Crippen molar-refractivity contribution < 1.29 is 13.7 Å². The molecule has 0 bridgehead atoms. The van der Waals surface area contributed by atoms with Crippen molar-refractivity contribution in [3.63, 3.8) is 0 Å². The monoisotopic (exact) mass is 423 g/mol. The summed E-state index contributed by atoms with van der Waals surface area (Å²) < 4.78 is 20.5. The summed E-state index contributed by atoms with van der Waals surface area (Å²) in [5.41, 5.74) is 1.79. The minimum Gasteiger partial charge on any atom is -0.336 e. The molecule has 1 aliphatic heterocycles. The summed E-state index contributed by atoms with van der Waals surface area (Å²) >= 11 is 0. The van der Waals surface area contributed by atoms with Gasteiger partial charge in [0.25, 0.3) is 11.8 Å². The van der Waals surface area contributed by atoms with Gasteiger partial charge in [-0.3, -0.25) is 9.48 Å². The SMILES string of the molecule is Cc1cc(C(=O)N2CCCC(CC3CC3)(c3noc(-c4ccc(F)cc4)n3)C2)n(C)n1. The maximum atomic E-state index is 13.3. The average molecular weight is 423 g/mol. The van der Waals surface area contributed by atoms with Gasteiger partial charge in [-0.25, -0.2) is 4.39 Å². The Morgan fingerprint density at radius 2 is 2.06 bits per heavy atom. The third kappa shape index (κ3) is 3.86. The summed E-state index contributed by atoms with van der Waals surface area (Å²) in [5.74, 6) is 1.36. The Morgan fingerprint density at radius 3 is 2.74 bits per heavy atom. The van der Waals surface area contributed by atoms with E-state index in [9.17, 15) is 9.18 Å². The van der Waals surface area contributed by atoms with Crippen LogP contribution in [0.15, 0.2) is 34.9 Å². The van der Waals surface area contributed by atoms with E-state index in [1.54, 1.807) is 23.9 Å². The van der Waals surface area contributed by atoms with E-state index in [0.29, 0.717) is 42.0 Å². The van der Waals surface area contributed by atoms with E-state index in [-0.39, 0.29) is 17.1 Å². The molecule has 1 saturated carbocycles. The molecule has 5 rings (SSSR count). The molecular weight excluding hydrogens is 397 g/mol. The number of hydrogen-bond acceptors (Lipinski definition) is 5. The Bertz CT molecular complexity index is 1100. The minimum absolute atomic E-state index is 0.00905. The Kier molecular flexibility index (Phi) is 4.87. The van der Waals surface area contributed by atoms with Gasteiger partial charge in [0, 0.05) is 25.7 Å². The molecule has 31 heavy (non-hydrogen) atoms. The zero-order valence-electron chi connectivity index (χ0n) is 17.8. The molecule has 1 aliphatic carbocycles. The number of benzene rings is 1. The van der Waals surface area contributed by atoms with Crippen LogP contribution in [0.1, 0.15) is 54.1 Å². The van der Waals surface area contributed by atoms with E-state index in [1.165, 1.54) is 25.0 Å². The Labute approximate surface area is 180 Å². The topological polar surface area (TPSA) is 77.0 Å². The smallest absolute Gasteiger partial charge is 0.272 e. The summed E-state index contributed by atoms with van der Waals surface area (Å²) in [6, 6.07) is 7.88. The molecule has 1 saturated heterocycles. The van der Waals surface area contributed by atoms with E-state index in [2.05, 4.69) is 10.3 Å². The van der Waals surface area contributed by atoms with Gasteiger partial charge >= 0.3 is 0 Å². The number of aryl methyl sites for hydroxylation is 2. The molecule has 1 aromatic carbocycles. The van der Waals surface area contributed by atoms with Crippen LogP contribution in [0.2, 0.25) is 0 Å². The molecule has 2 aromatic heterocycles. The molecule has 0 N–H and O–H groups in total. The molecule has 7 nitrogen and oxygen atoms in total. The van der Waals surface area contributed by atoms with Gasteiger partial charge in [-0.05, 0) is 62.4 Å². The van der Waals surface area contributed by atoms with Gasteiger partial charge < -0.3 is 9.42 Å². The van der Waals surface area contributed by atoms with E-state index < -0.39 is 0 Å². The molecule has 1 unspecified atom stereocenters. The Hall–Kier alpha value is -3.03. The number of hydrogen-bond donors (Lipinski definition) is 0. The van der Waals surface area contributed by atoms with Gasteiger partial charge in [0.2, 0.25) is 0 Å². The summed E-state index contributed by atoms with van der Waals surface area (Å²) in [6.45, 7) is 3.16. The number of piperidine rings is 1. The highest BCUT2D eigenvalue weighted by atomic mass is 19.1. The number of rotatable bonds is 5. The highest BCUT2D eigenvalue weighted by Gasteiger charge is 2.46. The zero-order valence-corrected chi connectivity index (χ0v) is 17.8. The van der Waals surface area contributed by atoms with Gasteiger partial charge in [-0.2, -0.15) is 10.1 Å².